The molecule has 0 bridgehead atoms. The van der Waals surface area contributed by atoms with Gasteiger partial charge in [-0.05, 0) is 29.7 Å². The van der Waals surface area contributed by atoms with Crippen LogP contribution in [0.1, 0.15) is 5.56 Å². The summed E-state index contributed by atoms with van der Waals surface area (Å²) in [4.78, 5) is 10.2. The molecule has 0 fully saturated rings. The number of nitrogens with zero attached hydrogens (tertiary/aromatic N) is 2. The first-order valence-corrected chi connectivity index (χ1v) is 3.78. The highest BCUT2D eigenvalue weighted by molar-refractivity contribution is 7.12. The molecule has 0 N–H and O–H groups in total. The van der Waals surface area contributed by atoms with Gasteiger partial charge in [-0.3, -0.25) is 4.79 Å². The lowest BCUT2D eigenvalue weighted by Gasteiger charge is -1.85. The Labute approximate surface area is 66.8 Å². The SMILES string of the molecule is O=[C]c1ccc2snnc2c1. The van der Waals surface area contributed by atoms with Crippen LogP contribution in [0.2, 0.25) is 0 Å². The first-order valence-electron chi connectivity index (χ1n) is 3.00. The number of benzene rings is 1. The van der Waals surface area contributed by atoms with E-state index < -0.39 is 0 Å². The molecule has 1 radical (unpaired) electrons. The summed E-state index contributed by atoms with van der Waals surface area (Å²) in [6, 6.07) is 5.20. The number of hydrogen-bond donors (Lipinski definition) is 0. The molecule has 1 heterocycles. The van der Waals surface area contributed by atoms with E-state index in [2.05, 4.69) is 9.59 Å². The van der Waals surface area contributed by atoms with Gasteiger partial charge in [0.2, 0.25) is 6.29 Å². The molecular formula is C7H3N2OS. The number of carbonyl (C=O) groups excluding carboxylic acids is 1. The first-order chi connectivity index (χ1) is 5.40. The van der Waals surface area contributed by atoms with Gasteiger partial charge < -0.3 is 0 Å². The van der Waals surface area contributed by atoms with Gasteiger partial charge in [0, 0.05) is 5.56 Å². The molecule has 0 saturated heterocycles. The van der Waals surface area contributed by atoms with Gasteiger partial charge >= 0.3 is 0 Å². The summed E-state index contributed by atoms with van der Waals surface area (Å²) in [5.41, 5.74) is 1.28. The Hall–Kier alpha value is -1.29. The molecule has 11 heavy (non-hydrogen) atoms. The van der Waals surface area contributed by atoms with E-state index >= 15 is 0 Å². The fourth-order valence-electron chi connectivity index (χ4n) is 0.845. The van der Waals surface area contributed by atoms with Crippen molar-refractivity contribution in [2.45, 2.75) is 0 Å². The second-order valence-electron chi connectivity index (χ2n) is 2.06. The van der Waals surface area contributed by atoms with Crippen LogP contribution in [-0.4, -0.2) is 15.9 Å². The van der Waals surface area contributed by atoms with Crippen molar-refractivity contribution in [2.24, 2.45) is 0 Å². The number of rotatable bonds is 1. The smallest absolute Gasteiger partial charge is 0.233 e. The summed E-state index contributed by atoms with van der Waals surface area (Å²) in [5, 5.41) is 3.82. The van der Waals surface area contributed by atoms with Gasteiger partial charge in [-0.15, -0.1) is 5.10 Å². The van der Waals surface area contributed by atoms with Crippen molar-refractivity contribution in [2.75, 3.05) is 0 Å². The third-order valence-electron chi connectivity index (χ3n) is 1.36. The Morgan fingerprint density at radius 2 is 2.36 bits per heavy atom. The van der Waals surface area contributed by atoms with Crippen molar-refractivity contribution in [3.63, 3.8) is 0 Å². The van der Waals surface area contributed by atoms with Crippen LogP contribution in [0.25, 0.3) is 10.2 Å². The van der Waals surface area contributed by atoms with Gasteiger partial charge in [0.25, 0.3) is 0 Å². The molecule has 0 atom stereocenters. The zero-order valence-electron chi connectivity index (χ0n) is 5.44. The van der Waals surface area contributed by atoms with Crippen LogP contribution in [0.15, 0.2) is 18.2 Å². The average molecular weight is 163 g/mol. The molecule has 0 unspecified atom stereocenters. The molecule has 0 aliphatic heterocycles. The number of aromatic nitrogens is 2. The second kappa shape index (κ2) is 2.39. The largest absolute Gasteiger partial charge is 0.285 e. The molecule has 2 aromatic rings. The van der Waals surface area contributed by atoms with Crippen LogP contribution in [-0.2, 0) is 4.79 Å². The van der Waals surface area contributed by atoms with E-state index in [0.29, 0.717) is 5.56 Å². The van der Waals surface area contributed by atoms with Crippen LogP contribution >= 0.6 is 11.5 Å². The van der Waals surface area contributed by atoms with Crippen molar-refractivity contribution < 1.29 is 4.79 Å². The standard InChI is InChI=1S/C7H3N2OS/c10-4-5-1-2-7-6(3-5)8-9-11-7/h1-3H. The summed E-state index contributed by atoms with van der Waals surface area (Å²) in [5.74, 6) is 0. The molecule has 53 valence electrons. The van der Waals surface area contributed by atoms with E-state index in [-0.39, 0.29) is 0 Å². The van der Waals surface area contributed by atoms with Gasteiger partial charge in [-0.2, -0.15) is 0 Å². The van der Waals surface area contributed by atoms with E-state index in [1.165, 1.54) is 11.5 Å². The molecule has 3 nitrogen and oxygen atoms in total. The fourth-order valence-corrected chi connectivity index (χ4v) is 1.38. The Bertz CT molecular complexity index is 396. The van der Waals surface area contributed by atoms with Gasteiger partial charge in [-0.1, -0.05) is 4.49 Å². The predicted octanol–water partition coefficient (Wildman–Crippen LogP) is 1.15. The van der Waals surface area contributed by atoms with Crippen LogP contribution in [0, 0.1) is 0 Å². The zero-order chi connectivity index (χ0) is 7.68. The van der Waals surface area contributed by atoms with Gasteiger partial charge in [0.1, 0.15) is 5.52 Å². The van der Waals surface area contributed by atoms with Gasteiger partial charge in [-0.25, -0.2) is 0 Å². The van der Waals surface area contributed by atoms with Crippen LogP contribution in [0.5, 0.6) is 0 Å². The molecule has 0 aliphatic rings. The molecule has 0 amide bonds. The maximum absolute atomic E-state index is 10.2. The summed E-state index contributed by atoms with van der Waals surface area (Å²) in [6.45, 7) is 0. The summed E-state index contributed by atoms with van der Waals surface area (Å²) in [6.07, 6.45) is 1.80. The van der Waals surface area contributed by atoms with E-state index in [1.54, 1.807) is 18.4 Å². The molecule has 4 heteroatoms. The van der Waals surface area contributed by atoms with Crippen LogP contribution in [0.3, 0.4) is 0 Å². The molecular weight excluding hydrogens is 160 g/mol. The van der Waals surface area contributed by atoms with Crippen LogP contribution < -0.4 is 0 Å². The van der Waals surface area contributed by atoms with Crippen LogP contribution in [0.4, 0.5) is 0 Å². The zero-order valence-corrected chi connectivity index (χ0v) is 6.26. The van der Waals surface area contributed by atoms with E-state index in [9.17, 15) is 4.79 Å². The number of fused-ring (bicyclic) bond motifs is 1. The van der Waals surface area contributed by atoms with Crippen molar-refractivity contribution in [3.05, 3.63) is 23.8 Å². The quantitative estimate of drug-likeness (QED) is 0.633. The summed E-state index contributed by atoms with van der Waals surface area (Å²) >= 11 is 1.32. The molecule has 1 aromatic carbocycles. The molecule has 0 spiro atoms. The molecule has 0 aliphatic carbocycles. The van der Waals surface area contributed by atoms with Crippen molar-refractivity contribution >= 4 is 28.0 Å². The minimum Gasteiger partial charge on any atom is -0.285 e. The summed E-state index contributed by atoms with van der Waals surface area (Å²) < 4.78 is 4.73. The topological polar surface area (TPSA) is 42.9 Å². The lowest BCUT2D eigenvalue weighted by Crippen LogP contribution is -1.78. The molecule has 2 rings (SSSR count). The predicted molar refractivity (Wildman–Crippen MR) is 42.2 cm³/mol. The second-order valence-corrected chi connectivity index (χ2v) is 2.84. The normalized spacial score (nSPS) is 10.2. The van der Waals surface area contributed by atoms with E-state index in [4.69, 9.17) is 0 Å². The minimum atomic E-state index is 0.519. The lowest BCUT2D eigenvalue weighted by molar-refractivity contribution is 0.563. The highest BCUT2D eigenvalue weighted by Crippen LogP contribution is 2.15. The minimum absolute atomic E-state index is 0.519. The third-order valence-corrected chi connectivity index (χ3v) is 2.07. The number of hydrogen-bond acceptors (Lipinski definition) is 4. The average Bonchev–Trinajstić information content (AvgIpc) is 2.50. The highest BCUT2D eigenvalue weighted by Gasteiger charge is 1.98. The van der Waals surface area contributed by atoms with Crippen molar-refractivity contribution in [1.82, 2.24) is 9.59 Å². The third kappa shape index (κ3) is 1.01. The van der Waals surface area contributed by atoms with Gasteiger partial charge in [0.15, 0.2) is 0 Å². The van der Waals surface area contributed by atoms with Crippen molar-refractivity contribution in [3.8, 4) is 0 Å². The Morgan fingerprint density at radius 1 is 1.45 bits per heavy atom. The molecule has 0 saturated carbocycles. The van der Waals surface area contributed by atoms with Gasteiger partial charge in [0.05, 0.1) is 4.70 Å². The maximum Gasteiger partial charge on any atom is 0.233 e. The fraction of sp³-hybridized carbons (Fsp3) is 0. The molecule has 1 aromatic heterocycles. The monoisotopic (exact) mass is 163 g/mol. The van der Waals surface area contributed by atoms with E-state index in [0.717, 1.165) is 10.2 Å². The summed E-state index contributed by atoms with van der Waals surface area (Å²) in [7, 11) is 0. The lowest BCUT2D eigenvalue weighted by atomic mass is 10.2. The Kier molecular flexibility index (Phi) is 1.40. The Morgan fingerprint density at radius 3 is 3.18 bits per heavy atom. The first kappa shape index (κ1) is 6.42. The Balaban J connectivity index is 2.76. The van der Waals surface area contributed by atoms with Crippen molar-refractivity contribution in [1.29, 1.82) is 0 Å². The highest BCUT2D eigenvalue weighted by atomic mass is 32.1. The van der Waals surface area contributed by atoms with E-state index in [1.807, 2.05) is 6.07 Å². The maximum atomic E-state index is 10.2.